The van der Waals surface area contributed by atoms with E-state index in [1.165, 1.54) is 0 Å². The lowest BCUT2D eigenvalue weighted by molar-refractivity contribution is 0.0877. The Bertz CT molecular complexity index is 384. The maximum Gasteiger partial charge on any atom is 0.122 e. The molecule has 3 nitrogen and oxygen atoms in total. The lowest BCUT2D eigenvalue weighted by atomic mass is 9.85. The molecular formula is C14H22ClNO2. The fraction of sp³-hybridized carbons (Fsp3) is 0.571. The number of hydrogen-bond acceptors (Lipinski definition) is 3. The van der Waals surface area contributed by atoms with Gasteiger partial charge in [-0.05, 0) is 24.1 Å². The van der Waals surface area contributed by atoms with Crippen LogP contribution in [-0.4, -0.2) is 24.9 Å². The Morgan fingerprint density at radius 3 is 2.61 bits per heavy atom. The summed E-state index contributed by atoms with van der Waals surface area (Å²) in [5.74, 6) is 0.744. The lowest BCUT2D eigenvalue weighted by Crippen LogP contribution is -2.31. The first-order chi connectivity index (χ1) is 8.54. The van der Waals surface area contributed by atoms with Crippen LogP contribution in [0, 0.1) is 5.92 Å². The molecule has 4 heteroatoms. The maximum absolute atomic E-state index is 10.4. The van der Waals surface area contributed by atoms with Gasteiger partial charge in [0.2, 0.25) is 0 Å². The summed E-state index contributed by atoms with van der Waals surface area (Å²) in [6.45, 7) is 4.43. The van der Waals surface area contributed by atoms with Crippen LogP contribution in [0.2, 0.25) is 5.02 Å². The summed E-state index contributed by atoms with van der Waals surface area (Å²) in [5.41, 5.74) is 6.69. The third-order valence-electron chi connectivity index (χ3n) is 3.48. The highest BCUT2D eigenvalue weighted by molar-refractivity contribution is 6.30. The molecule has 0 amide bonds. The molecule has 0 bridgehead atoms. The van der Waals surface area contributed by atoms with Crippen molar-refractivity contribution in [2.24, 2.45) is 11.7 Å². The molecule has 0 radical (unpaired) electrons. The smallest absolute Gasteiger partial charge is 0.122 e. The van der Waals surface area contributed by atoms with Crippen LogP contribution in [0.5, 0.6) is 5.75 Å². The van der Waals surface area contributed by atoms with Gasteiger partial charge in [0.05, 0.1) is 13.2 Å². The highest BCUT2D eigenvalue weighted by Gasteiger charge is 2.26. The lowest BCUT2D eigenvalue weighted by Gasteiger charge is -2.27. The zero-order chi connectivity index (χ0) is 13.7. The van der Waals surface area contributed by atoms with Crippen molar-refractivity contribution in [2.75, 3.05) is 13.7 Å². The minimum atomic E-state index is -0.493. The molecule has 0 saturated heterocycles. The number of aliphatic hydroxyl groups is 1. The molecule has 1 rings (SSSR count). The van der Waals surface area contributed by atoms with E-state index < -0.39 is 6.10 Å². The van der Waals surface area contributed by atoms with Crippen molar-refractivity contribution in [1.82, 2.24) is 0 Å². The average Bonchev–Trinajstić information content (AvgIpc) is 2.38. The molecule has 102 valence electrons. The number of methoxy groups -OCH3 is 1. The van der Waals surface area contributed by atoms with Crippen LogP contribution in [0.3, 0.4) is 0 Å². The van der Waals surface area contributed by atoms with Crippen LogP contribution in [0.15, 0.2) is 18.2 Å². The molecule has 0 aromatic heterocycles. The quantitative estimate of drug-likeness (QED) is 0.837. The standard InChI is InChI=1S/C14H22ClNO2/c1-4-9(2)14(17)12(8-16)11-7-10(15)5-6-13(11)18-3/h5-7,9,12,14,17H,4,8,16H2,1-3H3. The van der Waals surface area contributed by atoms with Gasteiger partial charge >= 0.3 is 0 Å². The zero-order valence-corrected chi connectivity index (χ0v) is 11.9. The van der Waals surface area contributed by atoms with Gasteiger partial charge < -0.3 is 15.6 Å². The second-order valence-corrected chi connectivity index (χ2v) is 5.04. The molecule has 1 aromatic rings. The van der Waals surface area contributed by atoms with Gasteiger partial charge in [-0.3, -0.25) is 0 Å². The van der Waals surface area contributed by atoms with Gasteiger partial charge in [0.15, 0.2) is 0 Å². The number of hydrogen-bond donors (Lipinski definition) is 2. The molecular weight excluding hydrogens is 250 g/mol. The van der Waals surface area contributed by atoms with Crippen LogP contribution in [-0.2, 0) is 0 Å². The van der Waals surface area contributed by atoms with Gasteiger partial charge in [-0.25, -0.2) is 0 Å². The maximum atomic E-state index is 10.4. The minimum Gasteiger partial charge on any atom is -0.496 e. The van der Waals surface area contributed by atoms with Gasteiger partial charge in [-0.15, -0.1) is 0 Å². The SMILES string of the molecule is CCC(C)C(O)C(CN)c1cc(Cl)ccc1OC. The number of ether oxygens (including phenoxy) is 1. The Morgan fingerprint density at radius 1 is 1.44 bits per heavy atom. The first kappa shape index (κ1) is 15.3. The van der Waals surface area contributed by atoms with Gasteiger partial charge in [-0.2, -0.15) is 0 Å². The van der Waals surface area contributed by atoms with Crippen molar-refractivity contribution < 1.29 is 9.84 Å². The number of nitrogens with two attached hydrogens (primary N) is 1. The second kappa shape index (κ2) is 6.98. The summed E-state index contributed by atoms with van der Waals surface area (Å²) < 4.78 is 5.32. The first-order valence-corrected chi connectivity index (χ1v) is 6.64. The van der Waals surface area contributed by atoms with E-state index in [1.54, 1.807) is 13.2 Å². The molecule has 1 aromatic carbocycles. The first-order valence-electron chi connectivity index (χ1n) is 6.26. The van der Waals surface area contributed by atoms with Crippen molar-refractivity contribution >= 4 is 11.6 Å². The highest BCUT2D eigenvalue weighted by atomic mass is 35.5. The topological polar surface area (TPSA) is 55.5 Å². The van der Waals surface area contributed by atoms with E-state index in [0.29, 0.717) is 11.6 Å². The van der Waals surface area contributed by atoms with Crippen molar-refractivity contribution in [3.8, 4) is 5.75 Å². The normalized spacial score (nSPS) is 16.1. The van der Waals surface area contributed by atoms with E-state index in [2.05, 4.69) is 6.92 Å². The summed E-state index contributed by atoms with van der Waals surface area (Å²) in [6.07, 6.45) is 0.410. The van der Waals surface area contributed by atoms with E-state index in [1.807, 2.05) is 19.1 Å². The molecule has 0 aliphatic carbocycles. The summed E-state index contributed by atoms with van der Waals surface area (Å²) in [6, 6.07) is 5.40. The molecule has 0 aliphatic rings. The Kier molecular flexibility index (Phi) is 5.93. The van der Waals surface area contributed by atoms with Gasteiger partial charge in [0.25, 0.3) is 0 Å². The number of halogens is 1. The molecule has 3 atom stereocenters. The number of benzene rings is 1. The van der Waals surface area contributed by atoms with Gasteiger partial charge in [0.1, 0.15) is 5.75 Å². The Hall–Kier alpha value is -0.770. The van der Waals surface area contributed by atoms with E-state index in [4.69, 9.17) is 22.1 Å². The summed E-state index contributed by atoms with van der Waals surface area (Å²) in [4.78, 5) is 0. The van der Waals surface area contributed by atoms with E-state index >= 15 is 0 Å². The molecule has 0 heterocycles. The zero-order valence-electron chi connectivity index (χ0n) is 11.2. The molecule has 0 spiro atoms. The average molecular weight is 272 g/mol. The van der Waals surface area contributed by atoms with Crippen LogP contribution in [0.25, 0.3) is 0 Å². The Labute approximate surface area is 114 Å². The minimum absolute atomic E-state index is 0.159. The van der Waals surface area contributed by atoms with Crippen molar-refractivity contribution in [2.45, 2.75) is 32.3 Å². The highest BCUT2D eigenvalue weighted by Crippen LogP contribution is 2.33. The Morgan fingerprint density at radius 2 is 2.11 bits per heavy atom. The van der Waals surface area contributed by atoms with Crippen LogP contribution in [0.1, 0.15) is 31.7 Å². The van der Waals surface area contributed by atoms with Crippen molar-refractivity contribution in [1.29, 1.82) is 0 Å². The Balaban J connectivity index is 3.11. The van der Waals surface area contributed by atoms with Crippen molar-refractivity contribution in [3.05, 3.63) is 28.8 Å². The van der Waals surface area contributed by atoms with Crippen molar-refractivity contribution in [3.63, 3.8) is 0 Å². The summed E-state index contributed by atoms with van der Waals surface area (Å²) >= 11 is 6.01. The number of aliphatic hydroxyl groups excluding tert-OH is 1. The van der Waals surface area contributed by atoms with E-state index in [0.717, 1.165) is 17.7 Å². The largest absolute Gasteiger partial charge is 0.496 e. The van der Waals surface area contributed by atoms with Crippen LogP contribution in [0.4, 0.5) is 0 Å². The molecule has 0 aliphatic heterocycles. The van der Waals surface area contributed by atoms with Crippen LogP contribution < -0.4 is 10.5 Å². The third kappa shape index (κ3) is 3.37. The van der Waals surface area contributed by atoms with Gasteiger partial charge in [-0.1, -0.05) is 31.9 Å². The van der Waals surface area contributed by atoms with Gasteiger partial charge in [0, 0.05) is 23.0 Å². The van der Waals surface area contributed by atoms with Crippen LogP contribution >= 0.6 is 11.6 Å². The predicted octanol–water partition coefficient (Wildman–Crippen LogP) is 2.80. The summed E-state index contributed by atoms with van der Waals surface area (Å²) in [5, 5.41) is 11.0. The molecule has 3 unspecified atom stereocenters. The second-order valence-electron chi connectivity index (χ2n) is 4.60. The van der Waals surface area contributed by atoms with E-state index in [-0.39, 0.29) is 11.8 Å². The molecule has 0 saturated carbocycles. The fourth-order valence-electron chi connectivity index (χ4n) is 2.08. The molecule has 0 fully saturated rings. The molecule has 3 N–H and O–H groups in total. The predicted molar refractivity (Wildman–Crippen MR) is 75.3 cm³/mol. The summed E-state index contributed by atoms with van der Waals surface area (Å²) in [7, 11) is 1.61. The molecule has 18 heavy (non-hydrogen) atoms. The fourth-order valence-corrected chi connectivity index (χ4v) is 2.26. The van der Waals surface area contributed by atoms with E-state index in [9.17, 15) is 5.11 Å². The number of rotatable bonds is 6. The third-order valence-corrected chi connectivity index (χ3v) is 3.72. The monoisotopic (exact) mass is 271 g/mol.